The Morgan fingerprint density at radius 3 is 2.04 bits per heavy atom. The molecular weight excluding hydrogens is 631 g/mol. The molecule has 0 saturated carbocycles. The zero-order valence-electron chi connectivity index (χ0n) is 29.3. The van der Waals surface area contributed by atoms with Crippen molar-refractivity contribution in [2.45, 2.75) is 19.8 Å². The van der Waals surface area contributed by atoms with Crippen LogP contribution < -0.4 is 0 Å². The van der Waals surface area contributed by atoms with Gasteiger partial charge in [0.05, 0.1) is 16.7 Å². The quantitative estimate of drug-likeness (QED) is 0.125. The number of hydrogen-bond acceptors (Lipinski definition) is 1. The molecule has 0 atom stereocenters. The molecule has 1 aromatic heterocycles. The smallest absolute Gasteiger partial charge is 0.159 e. The van der Waals surface area contributed by atoms with Crippen molar-refractivity contribution in [2.75, 3.05) is 0 Å². The normalized spacial score (nSPS) is 15.3. The van der Waals surface area contributed by atoms with Gasteiger partial charge in [-0.25, -0.2) is 9.98 Å². The maximum Gasteiger partial charge on any atom is 0.159 e. The molecule has 0 unspecified atom stereocenters. The Morgan fingerprint density at radius 2 is 1.27 bits per heavy atom. The van der Waals surface area contributed by atoms with Crippen LogP contribution >= 0.6 is 0 Å². The van der Waals surface area contributed by atoms with Crippen LogP contribution in [0.5, 0.6) is 0 Å². The molecule has 6 aromatic carbocycles. The molecule has 250 valence electrons. The van der Waals surface area contributed by atoms with Gasteiger partial charge in [-0.15, -0.1) is 0 Å². The van der Waals surface area contributed by atoms with Crippen LogP contribution in [-0.4, -0.2) is 16.1 Å². The first-order chi connectivity index (χ1) is 25.5. The van der Waals surface area contributed by atoms with Crippen LogP contribution in [0, 0.1) is 0 Å². The van der Waals surface area contributed by atoms with E-state index in [0.717, 1.165) is 40.1 Å². The fraction of sp³-hybridized carbons (Fsp3) is 0.0612. The fourth-order valence-corrected chi connectivity index (χ4v) is 7.06. The van der Waals surface area contributed by atoms with Crippen molar-refractivity contribution in [1.29, 1.82) is 0 Å². The lowest BCUT2D eigenvalue weighted by molar-refractivity contribution is 1.06. The zero-order valence-corrected chi connectivity index (χ0v) is 29.3. The van der Waals surface area contributed by atoms with E-state index in [0.29, 0.717) is 18.0 Å². The van der Waals surface area contributed by atoms with Gasteiger partial charge >= 0.3 is 0 Å². The number of aromatic nitrogens is 1. The maximum atomic E-state index is 5.12. The van der Waals surface area contributed by atoms with Crippen LogP contribution in [0.2, 0.25) is 0 Å². The molecule has 0 spiro atoms. The summed E-state index contributed by atoms with van der Waals surface area (Å²) >= 11 is 0. The second kappa shape index (κ2) is 14.3. The van der Waals surface area contributed by atoms with E-state index < -0.39 is 0 Å². The molecule has 3 nitrogen and oxygen atoms in total. The van der Waals surface area contributed by atoms with E-state index in [1.165, 1.54) is 44.1 Å². The van der Waals surface area contributed by atoms with E-state index >= 15 is 0 Å². The topological polar surface area (TPSA) is 29.6 Å². The summed E-state index contributed by atoms with van der Waals surface area (Å²) in [6.07, 6.45) is 7.73. The van der Waals surface area contributed by atoms with E-state index in [1.54, 1.807) is 0 Å². The molecule has 1 aliphatic carbocycles. The molecule has 0 radical (unpaired) electrons. The zero-order chi connectivity index (χ0) is 35.4. The van der Waals surface area contributed by atoms with Crippen molar-refractivity contribution < 1.29 is 0 Å². The minimum Gasteiger partial charge on any atom is -0.309 e. The van der Waals surface area contributed by atoms with Gasteiger partial charge in [0.15, 0.2) is 5.84 Å². The van der Waals surface area contributed by atoms with Gasteiger partial charge in [-0.1, -0.05) is 158 Å². The second-order valence-electron chi connectivity index (χ2n) is 13.3. The monoisotopic (exact) mass is 669 g/mol. The Kier molecular flexibility index (Phi) is 8.99. The lowest BCUT2D eigenvalue weighted by Gasteiger charge is -2.16. The van der Waals surface area contributed by atoms with Crippen LogP contribution in [0.25, 0.3) is 38.6 Å². The molecule has 1 aliphatic rings. The molecule has 8 rings (SSSR count). The van der Waals surface area contributed by atoms with Gasteiger partial charge in [0.25, 0.3) is 0 Å². The summed E-state index contributed by atoms with van der Waals surface area (Å²) in [5.41, 5.74) is 14.0. The number of nitrogens with zero attached hydrogens (tertiary/aromatic N) is 3. The van der Waals surface area contributed by atoms with Crippen LogP contribution in [0.3, 0.4) is 0 Å². The van der Waals surface area contributed by atoms with E-state index in [-0.39, 0.29) is 0 Å². The molecule has 0 fully saturated rings. The summed E-state index contributed by atoms with van der Waals surface area (Å²) in [5, 5.41) is 2.47. The first-order valence-corrected chi connectivity index (χ1v) is 17.7. The standard InChI is InChI=1S/C49H39N3/c1-34-16-15-23-40(36(3)51-49(39-21-11-6-12-22-39)50-35(2)37-17-7-4-8-18-37)31-43-32-44(28-26-41(43)30-34)52-47-25-14-13-24-45(47)46-33-42(27-29-48(46)52)38-19-9-5-10-20-38/h4-29,32-33H,1,3,30-31H2,2H3/b16-15-,40-23+,50-35?,51-49?. The predicted octanol–water partition coefficient (Wildman–Crippen LogP) is 12.1. The van der Waals surface area contributed by atoms with E-state index in [4.69, 9.17) is 9.98 Å². The van der Waals surface area contributed by atoms with Crippen molar-refractivity contribution in [3.8, 4) is 16.8 Å². The largest absolute Gasteiger partial charge is 0.309 e. The second-order valence-corrected chi connectivity index (χ2v) is 13.3. The molecule has 0 amide bonds. The summed E-state index contributed by atoms with van der Waals surface area (Å²) in [7, 11) is 0. The van der Waals surface area contributed by atoms with Gasteiger partial charge in [-0.3, -0.25) is 0 Å². The first kappa shape index (κ1) is 32.6. The van der Waals surface area contributed by atoms with Crippen molar-refractivity contribution in [3.05, 3.63) is 222 Å². The molecule has 0 bridgehead atoms. The minimum atomic E-state index is 0.634. The lowest BCUT2D eigenvalue weighted by Crippen LogP contribution is -2.06. The fourth-order valence-electron chi connectivity index (χ4n) is 7.06. The van der Waals surface area contributed by atoms with Gasteiger partial charge in [-0.2, -0.15) is 0 Å². The summed E-state index contributed by atoms with van der Waals surface area (Å²) in [6.45, 7) is 10.9. The van der Waals surface area contributed by atoms with Crippen LogP contribution in [0.4, 0.5) is 0 Å². The van der Waals surface area contributed by atoms with Gasteiger partial charge in [-0.05, 0) is 83.5 Å². The highest BCUT2D eigenvalue weighted by Gasteiger charge is 2.17. The third kappa shape index (κ3) is 6.65. The molecule has 0 aliphatic heterocycles. The van der Waals surface area contributed by atoms with Gasteiger partial charge in [0.1, 0.15) is 0 Å². The van der Waals surface area contributed by atoms with Crippen molar-refractivity contribution in [3.63, 3.8) is 0 Å². The average Bonchev–Trinajstić information content (AvgIpc) is 3.55. The SMILES string of the molecule is C=C1/C=C\C=C(\C(=C)N=C(N=C(C)c2ccccc2)c2ccccc2)Cc2cc(-n3c4ccccc4c4cc(-c5ccccc5)ccc43)ccc2C1. The number of hydrogen-bond donors (Lipinski definition) is 0. The lowest BCUT2D eigenvalue weighted by atomic mass is 9.94. The van der Waals surface area contributed by atoms with E-state index in [2.05, 4.69) is 139 Å². The summed E-state index contributed by atoms with van der Waals surface area (Å²) in [6, 6.07) is 53.3. The number of benzene rings is 6. The highest BCUT2D eigenvalue weighted by Crippen LogP contribution is 2.36. The minimum absolute atomic E-state index is 0.634. The third-order valence-corrected chi connectivity index (χ3v) is 9.76. The number of allylic oxidation sites excluding steroid dienone is 5. The summed E-state index contributed by atoms with van der Waals surface area (Å²) < 4.78 is 2.39. The molecule has 0 saturated heterocycles. The average molecular weight is 670 g/mol. The molecule has 1 heterocycles. The van der Waals surface area contributed by atoms with E-state index in [1.807, 2.05) is 55.5 Å². The number of fused-ring (bicyclic) bond motifs is 4. The maximum absolute atomic E-state index is 5.12. The highest BCUT2D eigenvalue weighted by molar-refractivity contribution is 6.12. The summed E-state index contributed by atoms with van der Waals surface area (Å²) in [4.78, 5) is 10.2. The Morgan fingerprint density at radius 1 is 0.596 bits per heavy atom. The Balaban J connectivity index is 1.21. The van der Waals surface area contributed by atoms with Crippen LogP contribution in [0.15, 0.2) is 210 Å². The number of rotatable bonds is 6. The predicted molar refractivity (Wildman–Crippen MR) is 221 cm³/mol. The summed E-state index contributed by atoms with van der Waals surface area (Å²) in [5.74, 6) is 0.634. The molecule has 0 N–H and O–H groups in total. The Labute approximate surface area is 305 Å². The van der Waals surface area contributed by atoms with Gasteiger partial charge < -0.3 is 4.57 Å². The van der Waals surface area contributed by atoms with Crippen molar-refractivity contribution >= 4 is 33.4 Å². The van der Waals surface area contributed by atoms with Crippen LogP contribution in [-0.2, 0) is 12.8 Å². The number of aliphatic imine (C=N–C) groups is 2. The number of amidine groups is 1. The van der Waals surface area contributed by atoms with Crippen molar-refractivity contribution in [2.24, 2.45) is 9.98 Å². The first-order valence-electron chi connectivity index (χ1n) is 17.7. The number of para-hydroxylation sites is 1. The molecule has 3 heteroatoms. The van der Waals surface area contributed by atoms with Crippen LogP contribution in [0.1, 0.15) is 29.2 Å². The Bertz CT molecular complexity index is 2580. The molecule has 52 heavy (non-hydrogen) atoms. The molecular formula is C49H39N3. The van der Waals surface area contributed by atoms with Crippen molar-refractivity contribution in [1.82, 2.24) is 4.57 Å². The van der Waals surface area contributed by atoms with Gasteiger partial charge in [0.2, 0.25) is 0 Å². The van der Waals surface area contributed by atoms with Gasteiger partial charge in [0, 0.05) is 27.7 Å². The van der Waals surface area contributed by atoms with E-state index in [9.17, 15) is 0 Å². The highest BCUT2D eigenvalue weighted by atomic mass is 15.0. The molecule has 7 aromatic rings. The Hall–Kier alpha value is -6.58. The third-order valence-electron chi connectivity index (χ3n) is 9.76.